The monoisotopic (exact) mass is 287 g/mol. The molecule has 0 fully saturated rings. The van der Waals surface area contributed by atoms with Crippen molar-refractivity contribution >= 4 is 15.5 Å². The highest BCUT2D eigenvalue weighted by Gasteiger charge is 2.18. The third kappa shape index (κ3) is 2.78. The quantitative estimate of drug-likeness (QED) is 0.868. The molecule has 2 aromatic rings. The van der Waals surface area contributed by atoms with Gasteiger partial charge >= 0.3 is 0 Å². The number of pyridine rings is 1. The molecule has 1 aromatic carbocycles. The zero-order valence-electron chi connectivity index (χ0n) is 10.9. The van der Waals surface area contributed by atoms with Gasteiger partial charge in [-0.2, -0.15) is 5.26 Å². The molecule has 0 atom stereocenters. The van der Waals surface area contributed by atoms with E-state index in [1.807, 2.05) is 6.07 Å². The van der Waals surface area contributed by atoms with Gasteiger partial charge in [0, 0.05) is 17.4 Å². The zero-order valence-corrected chi connectivity index (χ0v) is 11.7. The average molecular weight is 287 g/mol. The van der Waals surface area contributed by atoms with Crippen LogP contribution in [0.25, 0.3) is 0 Å². The highest BCUT2D eigenvalue weighted by molar-refractivity contribution is 7.90. The molecule has 1 heterocycles. The maximum atomic E-state index is 12.4. The van der Waals surface area contributed by atoms with Gasteiger partial charge in [-0.1, -0.05) is 6.07 Å². The average Bonchev–Trinajstić information content (AvgIpc) is 2.42. The molecule has 20 heavy (non-hydrogen) atoms. The van der Waals surface area contributed by atoms with Crippen molar-refractivity contribution in [3.63, 3.8) is 0 Å². The van der Waals surface area contributed by atoms with Gasteiger partial charge in [0.15, 0.2) is 9.84 Å². The van der Waals surface area contributed by atoms with Crippen LogP contribution in [0.15, 0.2) is 41.4 Å². The molecule has 0 bridgehead atoms. The Hall–Kier alpha value is -2.39. The van der Waals surface area contributed by atoms with Gasteiger partial charge < -0.3 is 5.73 Å². The Bertz CT molecular complexity index is 792. The number of nitriles is 1. The van der Waals surface area contributed by atoms with Crippen LogP contribution in [0.5, 0.6) is 0 Å². The minimum Gasteiger partial charge on any atom is -0.399 e. The number of anilines is 1. The van der Waals surface area contributed by atoms with Crippen LogP contribution in [0, 0.1) is 18.3 Å². The van der Waals surface area contributed by atoms with Crippen molar-refractivity contribution in [3.8, 4) is 6.07 Å². The van der Waals surface area contributed by atoms with Crippen molar-refractivity contribution in [2.24, 2.45) is 0 Å². The molecule has 0 aliphatic rings. The Kier molecular flexibility index (Phi) is 3.72. The molecule has 6 heteroatoms. The maximum absolute atomic E-state index is 12.4. The van der Waals surface area contributed by atoms with Gasteiger partial charge in [0.05, 0.1) is 10.6 Å². The second-order valence-electron chi connectivity index (χ2n) is 4.40. The Balaban J connectivity index is 2.41. The molecule has 102 valence electrons. The second-order valence-corrected chi connectivity index (χ2v) is 6.39. The van der Waals surface area contributed by atoms with Crippen LogP contribution >= 0.6 is 0 Å². The Labute approximate surface area is 117 Å². The van der Waals surface area contributed by atoms with Crippen LogP contribution in [0.1, 0.15) is 16.8 Å². The van der Waals surface area contributed by atoms with E-state index in [0.717, 1.165) is 0 Å². The zero-order chi connectivity index (χ0) is 14.8. The number of nitrogens with two attached hydrogens (primary N) is 1. The minimum atomic E-state index is -3.53. The summed E-state index contributed by atoms with van der Waals surface area (Å²) in [6, 6.07) is 9.67. The van der Waals surface area contributed by atoms with Crippen LogP contribution in [0.3, 0.4) is 0 Å². The fraction of sp³-hybridized carbons (Fsp3) is 0.143. The number of benzene rings is 1. The number of sulfone groups is 1. The first-order valence-electron chi connectivity index (χ1n) is 5.87. The first-order valence-corrected chi connectivity index (χ1v) is 7.52. The lowest BCUT2D eigenvalue weighted by molar-refractivity contribution is 0.595. The summed E-state index contributed by atoms with van der Waals surface area (Å²) in [5.74, 6) is -0.257. The summed E-state index contributed by atoms with van der Waals surface area (Å²) in [4.78, 5) is 4.05. The number of hydrogen-bond donors (Lipinski definition) is 1. The van der Waals surface area contributed by atoms with E-state index in [1.165, 1.54) is 18.3 Å². The van der Waals surface area contributed by atoms with E-state index in [2.05, 4.69) is 4.98 Å². The first-order chi connectivity index (χ1) is 9.44. The van der Waals surface area contributed by atoms with Crippen LogP contribution in [-0.4, -0.2) is 13.4 Å². The molecule has 2 N–H and O–H groups in total. The second kappa shape index (κ2) is 5.31. The summed E-state index contributed by atoms with van der Waals surface area (Å²) in [6.45, 7) is 1.75. The van der Waals surface area contributed by atoms with Crippen molar-refractivity contribution in [1.82, 2.24) is 4.98 Å². The summed E-state index contributed by atoms with van der Waals surface area (Å²) in [7, 11) is -3.53. The number of aryl methyl sites for hydroxylation is 1. The predicted molar refractivity (Wildman–Crippen MR) is 75.4 cm³/mol. The van der Waals surface area contributed by atoms with E-state index in [1.54, 1.807) is 25.1 Å². The molecule has 2 rings (SSSR count). The van der Waals surface area contributed by atoms with Crippen LogP contribution in [-0.2, 0) is 15.6 Å². The number of nitrogens with zero attached hydrogens (tertiary/aromatic N) is 2. The van der Waals surface area contributed by atoms with Gasteiger partial charge in [-0.25, -0.2) is 13.4 Å². The molecule has 0 unspecified atom stereocenters. The smallest absolute Gasteiger partial charge is 0.182 e. The van der Waals surface area contributed by atoms with E-state index < -0.39 is 9.84 Å². The largest absolute Gasteiger partial charge is 0.399 e. The Morgan fingerprint density at radius 2 is 2.10 bits per heavy atom. The lowest BCUT2D eigenvalue weighted by atomic mass is 10.2. The Morgan fingerprint density at radius 1 is 1.35 bits per heavy atom. The summed E-state index contributed by atoms with van der Waals surface area (Å²) in [5.41, 5.74) is 7.45. The Morgan fingerprint density at radius 3 is 2.75 bits per heavy atom. The highest BCUT2D eigenvalue weighted by atomic mass is 32.2. The van der Waals surface area contributed by atoms with Crippen molar-refractivity contribution in [1.29, 1.82) is 5.26 Å². The molecule has 0 aliphatic carbocycles. The molecular formula is C14H13N3O2S. The van der Waals surface area contributed by atoms with Gasteiger partial charge in [-0.3, -0.25) is 0 Å². The van der Waals surface area contributed by atoms with Crippen molar-refractivity contribution < 1.29 is 8.42 Å². The standard InChI is InChI=1S/C14H13N3O2S/c1-10-7-12(4-5-13(10)16)20(18,19)9-11-3-2-6-17-14(11)8-15/h2-7H,9,16H2,1H3. The lowest BCUT2D eigenvalue weighted by Crippen LogP contribution is -2.07. The van der Waals surface area contributed by atoms with Gasteiger partial charge in [0.2, 0.25) is 0 Å². The van der Waals surface area contributed by atoms with Crippen LogP contribution < -0.4 is 5.73 Å². The maximum Gasteiger partial charge on any atom is 0.182 e. The van der Waals surface area contributed by atoms with E-state index in [9.17, 15) is 8.42 Å². The molecule has 0 amide bonds. The number of aromatic nitrogens is 1. The minimum absolute atomic E-state index is 0.128. The lowest BCUT2D eigenvalue weighted by Gasteiger charge is -2.07. The van der Waals surface area contributed by atoms with Gasteiger partial charge in [0.1, 0.15) is 11.8 Å². The summed E-state index contributed by atoms with van der Waals surface area (Å²) < 4.78 is 24.7. The van der Waals surface area contributed by atoms with E-state index >= 15 is 0 Å². The summed E-state index contributed by atoms with van der Waals surface area (Å²) >= 11 is 0. The SMILES string of the molecule is Cc1cc(S(=O)(=O)Cc2cccnc2C#N)ccc1N. The summed E-state index contributed by atoms with van der Waals surface area (Å²) in [6.07, 6.45) is 1.46. The first kappa shape index (κ1) is 14.0. The summed E-state index contributed by atoms with van der Waals surface area (Å²) in [5, 5.41) is 8.94. The molecule has 0 radical (unpaired) electrons. The third-order valence-corrected chi connectivity index (χ3v) is 4.61. The third-order valence-electron chi connectivity index (χ3n) is 2.94. The molecule has 0 saturated carbocycles. The predicted octanol–water partition coefficient (Wildman–Crippen LogP) is 1.82. The fourth-order valence-electron chi connectivity index (χ4n) is 1.79. The van der Waals surface area contributed by atoms with Crippen LogP contribution in [0.4, 0.5) is 5.69 Å². The fourth-order valence-corrected chi connectivity index (χ4v) is 3.23. The molecule has 5 nitrogen and oxygen atoms in total. The highest BCUT2D eigenvalue weighted by Crippen LogP contribution is 2.21. The number of rotatable bonds is 3. The number of hydrogen-bond acceptors (Lipinski definition) is 5. The van der Waals surface area contributed by atoms with Gasteiger partial charge in [-0.15, -0.1) is 0 Å². The molecule has 0 spiro atoms. The molecule has 0 saturated heterocycles. The number of nitrogen functional groups attached to an aromatic ring is 1. The molecular weight excluding hydrogens is 274 g/mol. The van der Waals surface area contributed by atoms with E-state index in [-0.39, 0.29) is 16.3 Å². The van der Waals surface area contributed by atoms with Crippen molar-refractivity contribution in [3.05, 3.63) is 53.3 Å². The topological polar surface area (TPSA) is 96.8 Å². The molecule has 1 aromatic heterocycles. The van der Waals surface area contributed by atoms with Gasteiger partial charge in [0.25, 0.3) is 0 Å². The van der Waals surface area contributed by atoms with Crippen LogP contribution in [0.2, 0.25) is 0 Å². The van der Waals surface area contributed by atoms with E-state index in [4.69, 9.17) is 11.0 Å². The van der Waals surface area contributed by atoms with E-state index in [0.29, 0.717) is 16.8 Å². The van der Waals surface area contributed by atoms with Gasteiger partial charge in [-0.05, 0) is 36.8 Å². The van der Waals surface area contributed by atoms with Crippen molar-refractivity contribution in [2.75, 3.05) is 5.73 Å². The normalized spacial score (nSPS) is 11.0. The molecule has 0 aliphatic heterocycles. The van der Waals surface area contributed by atoms with Crippen molar-refractivity contribution in [2.45, 2.75) is 17.6 Å².